The van der Waals surface area contributed by atoms with Crippen LogP contribution in [0.25, 0.3) is 0 Å². The molecule has 0 amide bonds. The molecule has 24 heavy (non-hydrogen) atoms. The molecule has 0 aromatic heterocycles. The van der Waals surface area contributed by atoms with Crippen LogP contribution in [0.4, 0.5) is 0 Å². The first kappa shape index (κ1) is 19.3. The van der Waals surface area contributed by atoms with Crippen LogP contribution in [0.2, 0.25) is 0 Å². The number of benzene rings is 2. The number of carbonyl (C=O) groups is 2. The number of aliphatic hydroxyl groups excluding tert-OH is 1. The molecule has 0 heterocycles. The lowest BCUT2D eigenvalue weighted by Crippen LogP contribution is -2.11. The Morgan fingerprint density at radius 3 is 1.50 bits per heavy atom. The smallest absolute Gasteiger partial charge is 0.386 e. The van der Waals surface area contributed by atoms with E-state index in [4.69, 9.17) is 5.11 Å². The molecular weight excluding hydrogens is 312 g/mol. The molecule has 0 aliphatic heterocycles. The quantitative estimate of drug-likeness (QED) is 0.685. The summed E-state index contributed by atoms with van der Waals surface area (Å²) in [7, 11) is 1.56. The summed E-state index contributed by atoms with van der Waals surface area (Å²) in [5, 5.41) is 8.43. The number of aliphatic hydroxyl groups is 1. The zero-order valence-corrected chi connectivity index (χ0v) is 13.5. The molecule has 6 nitrogen and oxygen atoms in total. The second-order valence-corrected chi connectivity index (χ2v) is 4.78. The van der Waals surface area contributed by atoms with Gasteiger partial charge in [0.25, 0.3) is 0 Å². The maximum atomic E-state index is 11.5. The highest BCUT2D eigenvalue weighted by atomic mass is 17.2. The van der Waals surface area contributed by atoms with Crippen molar-refractivity contribution in [3.8, 4) is 0 Å². The average Bonchev–Trinajstić information content (AvgIpc) is 2.61. The van der Waals surface area contributed by atoms with Gasteiger partial charge in [-0.05, 0) is 31.2 Å². The molecule has 0 aliphatic rings. The first-order chi connectivity index (χ1) is 11.5. The van der Waals surface area contributed by atoms with E-state index in [0.717, 1.165) is 0 Å². The molecule has 0 aliphatic carbocycles. The second kappa shape index (κ2) is 10.9. The van der Waals surface area contributed by atoms with Gasteiger partial charge in [-0.15, -0.1) is 0 Å². The third-order valence-electron chi connectivity index (χ3n) is 2.62. The summed E-state index contributed by atoms with van der Waals surface area (Å²) < 4.78 is 4.55. The minimum absolute atomic E-state index is 0.318. The minimum Gasteiger partial charge on any atom is -0.391 e. The summed E-state index contributed by atoms with van der Waals surface area (Å²) >= 11 is 0. The van der Waals surface area contributed by atoms with Gasteiger partial charge in [0.1, 0.15) is 0 Å². The predicted octanol–water partition coefficient (Wildman–Crippen LogP) is 2.63. The lowest BCUT2D eigenvalue weighted by Gasteiger charge is -2.02. The van der Waals surface area contributed by atoms with Gasteiger partial charge in [0.05, 0.1) is 23.8 Å². The fourth-order valence-corrected chi connectivity index (χ4v) is 1.56. The van der Waals surface area contributed by atoms with E-state index in [0.29, 0.717) is 17.7 Å². The zero-order valence-electron chi connectivity index (χ0n) is 13.5. The van der Waals surface area contributed by atoms with Crippen molar-refractivity contribution >= 4 is 11.9 Å². The lowest BCUT2D eigenvalue weighted by molar-refractivity contribution is -0.187. The predicted molar refractivity (Wildman–Crippen MR) is 87.3 cm³/mol. The zero-order chi connectivity index (χ0) is 17.8. The molecule has 0 fully saturated rings. The Bertz CT molecular complexity index is 558. The number of rotatable bonds is 4. The Labute approximate surface area is 140 Å². The third kappa shape index (κ3) is 7.53. The van der Waals surface area contributed by atoms with E-state index < -0.39 is 11.9 Å². The van der Waals surface area contributed by atoms with Crippen LogP contribution in [0.5, 0.6) is 0 Å². The molecule has 6 heteroatoms. The van der Waals surface area contributed by atoms with Gasteiger partial charge in [-0.25, -0.2) is 19.4 Å². The molecule has 2 aromatic rings. The van der Waals surface area contributed by atoms with E-state index in [-0.39, 0.29) is 6.10 Å². The molecule has 1 N–H and O–H groups in total. The molecule has 2 rings (SSSR count). The van der Waals surface area contributed by atoms with E-state index >= 15 is 0 Å². The molecule has 0 radical (unpaired) electrons. The van der Waals surface area contributed by atoms with Crippen LogP contribution < -0.4 is 0 Å². The van der Waals surface area contributed by atoms with Crippen LogP contribution in [0.1, 0.15) is 27.6 Å². The maximum Gasteiger partial charge on any atom is 0.386 e. The van der Waals surface area contributed by atoms with Gasteiger partial charge in [0.15, 0.2) is 0 Å². The molecular formula is C18H20O6. The van der Waals surface area contributed by atoms with Crippen molar-refractivity contribution in [2.24, 2.45) is 0 Å². The molecule has 0 saturated heterocycles. The van der Waals surface area contributed by atoms with Crippen molar-refractivity contribution in [2.45, 2.75) is 13.0 Å². The van der Waals surface area contributed by atoms with Crippen LogP contribution in [-0.4, -0.2) is 36.9 Å². The highest BCUT2D eigenvalue weighted by Crippen LogP contribution is 2.05. The Hall–Kier alpha value is -2.70. The minimum atomic E-state index is -0.708. The standard InChI is InChI=1S/C14H10O4.C4H10O2/c15-13(11-7-3-1-4-8-11)17-18-14(16)12-9-5-2-6-10-12;1-4(5)3-6-2/h1-10H;4-5H,3H2,1-2H3. The third-order valence-corrected chi connectivity index (χ3v) is 2.62. The topological polar surface area (TPSA) is 82.1 Å². The van der Waals surface area contributed by atoms with Crippen LogP contribution in [0, 0.1) is 0 Å². The van der Waals surface area contributed by atoms with E-state index in [1.807, 2.05) is 0 Å². The van der Waals surface area contributed by atoms with Crippen molar-refractivity contribution in [3.05, 3.63) is 71.8 Å². The summed E-state index contributed by atoms with van der Waals surface area (Å²) in [6.07, 6.45) is -0.324. The fourth-order valence-electron chi connectivity index (χ4n) is 1.56. The molecule has 128 valence electrons. The monoisotopic (exact) mass is 332 g/mol. The van der Waals surface area contributed by atoms with Gasteiger partial charge in [0.2, 0.25) is 0 Å². The Balaban J connectivity index is 0.000000413. The first-order valence-corrected chi connectivity index (χ1v) is 7.25. The van der Waals surface area contributed by atoms with E-state index in [1.54, 1.807) is 74.7 Å². The summed E-state index contributed by atoms with van der Waals surface area (Å²) in [5.41, 5.74) is 0.636. The number of methoxy groups -OCH3 is 1. The molecule has 0 bridgehead atoms. The van der Waals surface area contributed by atoms with Crippen LogP contribution >= 0.6 is 0 Å². The summed E-state index contributed by atoms with van der Waals surface area (Å²) in [6, 6.07) is 16.6. The van der Waals surface area contributed by atoms with Crippen molar-refractivity contribution < 1.29 is 29.2 Å². The largest absolute Gasteiger partial charge is 0.391 e. The first-order valence-electron chi connectivity index (χ1n) is 7.25. The molecule has 2 aromatic carbocycles. The van der Waals surface area contributed by atoms with Crippen LogP contribution in [0.3, 0.4) is 0 Å². The second-order valence-electron chi connectivity index (χ2n) is 4.78. The molecule has 1 unspecified atom stereocenters. The van der Waals surface area contributed by atoms with Gasteiger partial charge in [-0.2, -0.15) is 0 Å². The summed E-state index contributed by atoms with van der Waals surface area (Å²) in [5.74, 6) is -1.42. The van der Waals surface area contributed by atoms with E-state index in [2.05, 4.69) is 14.5 Å². The van der Waals surface area contributed by atoms with Crippen molar-refractivity contribution in [2.75, 3.05) is 13.7 Å². The van der Waals surface area contributed by atoms with E-state index in [1.165, 1.54) is 0 Å². The van der Waals surface area contributed by atoms with Gasteiger partial charge >= 0.3 is 11.9 Å². The van der Waals surface area contributed by atoms with Crippen LogP contribution in [-0.2, 0) is 14.5 Å². The average molecular weight is 332 g/mol. The molecule has 1 atom stereocenters. The van der Waals surface area contributed by atoms with Gasteiger partial charge in [0, 0.05) is 7.11 Å². The highest BCUT2D eigenvalue weighted by molar-refractivity contribution is 5.92. The van der Waals surface area contributed by atoms with Crippen molar-refractivity contribution in [3.63, 3.8) is 0 Å². The summed E-state index contributed by atoms with van der Waals surface area (Å²) in [4.78, 5) is 31.9. The van der Waals surface area contributed by atoms with Gasteiger partial charge < -0.3 is 9.84 Å². The lowest BCUT2D eigenvalue weighted by atomic mass is 10.2. The van der Waals surface area contributed by atoms with Gasteiger partial charge in [-0.1, -0.05) is 36.4 Å². The molecule has 0 saturated carbocycles. The number of hydrogen-bond donors (Lipinski definition) is 1. The van der Waals surface area contributed by atoms with Crippen molar-refractivity contribution in [1.29, 1.82) is 0 Å². The molecule has 0 spiro atoms. The Kier molecular flexibility index (Phi) is 8.81. The van der Waals surface area contributed by atoms with Crippen molar-refractivity contribution in [1.82, 2.24) is 0 Å². The SMILES string of the molecule is COCC(C)O.O=C(OOC(=O)c1ccccc1)c1ccccc1. The van der Waals surface area contributed by atoms with E-state index in [9.17, 15) is 9.59 Å². The fraction of sp³-hybridized carbons (Fsp3) is 0.222. The normalized spacial score (nSPS) is 10.8. The Morgan fingerprint density at radius 2 is 1.25 bits per heavy atom. The number of ether oxygens (including phenoxy) is 1. The van der Waals surface area contributed by atoms with Gasteiger partial charge in [-0.3, -0.25) is 0 Å². The Morgan fingerprint density at radius 1 is 0.875 bits per heavy atom. The maximum absolute atomic E-state index is 11.5. The van der Waals surface area contributed by atoms with Crippen LogP contribution in [0.15, 0.2) is 60.7 Å². The number of hydrogen-bond acceptors (Lipinski definition) is 6. The number of carbonyl (C=O) groups excluding carboxylic acids is 2. The highest BCUT2D eigenvalue weighted by Gasteiger charge is 2.12. The summed E-state index contributed by atoms with van der Waals surface area (Å²) in [6.45, 7) is 2.11.